The first-order valence-electron chi connectivity index (χ1n) is 3.63. The fourth-order valence-electron chi connectivity index (χ4n) is 0.816. The van der Waals surface area contributed by atoms with Crippen LogP contribution in [-0.4, -0.2) is 33.6 Å². The van der Waals surface area contributed by atoms with E-state index in [-0.39, 0.29) is 72.9 Å². The van der Waals surface area contributed by atoms with E-state index in [1.54, 1.807) is 6.08 Å². The van der Waals surface area contributed by atoms with E-state index in [0.29, 0.717) is 6.61 Å². The quantitative estimate of drug-likeness (QED) is 0.400. The summed E-state index contributed by atoms with van der Waals surface area (Å²) in [6.07, 6.45) is 4.45. The van der Waals surface area contributed by atoms with Crippen molar-refractivity contribution >= 4 is 15.3 Å². The molecule has 0 aromatic rings. The number of ketones is 1. The van der Waals surface area contributed by atoms with Gasteiger partial charge in [0, 0.05) is 6.61 Å². The Kier molecular flexibility index (Phi) is 15.8. The van der Waals surface area contributed by atoms with Crippen molar-refractivity contribution in [2.24, 2.45) is 0 Å². The Morgan fingerprint density at radius 1 is 1.53 bits per heavy atom. The number of carbonyl (C=O) groups excluding carboxylic acids is 1. The van der Waals surface area contributed by atoms with Gasteiger partial charge in [0.25, 0.3) is 0 Å². The van der Waals surface area contributed by atoms with Crippen molar-refractivity contribution in [1.29, 1.82) is 0 Å². The minimum Gasteiger partial charge on any atom is -1.00 e. The Labute approximate surface area is 123 Å². The monoisotopic (exact) mass is 342 g/mol. The van der Waals surface area contributed by atoms with Gasteiger partial charge in [0.15, 0.2) is 0 Å². The molecule has 0 aromatic heterocycles. The molecule has 3 nitrogen and oxygen atoms in total. The third-order valence-electron chi connectivity index (χ3n) is 1.44. The summed E-state index contributed by atoms with van der Waals surface area (Å²) in [5, 5.41) is 10.5. The summed E-state index contributed by atoms with van der Waals surface area (Å²) in [5.74, 6) is 0.0868. The first-order chi connectivity index (χ1) is 5.77. The number of allylic oxidation sites excluding steroid dienone is 4. The van der Waals surface area contributed by atoms with Gasteiger partial charge in [-0.15, -0.1) is 6.08 Å². The molecule has 1 aliphatic carbocycles. The van der Waals surface area contributed by atoms with Crippen LogP contribution in [0.15, 0.2) is 16.5 Å². The number of ether oxygens (including phenoxy) is 1. The van der Waals surface area contributed by atoms with Gasteiger partial charge in [-0.1, -0.05) is 0 Å². The van der Waals surface area contributed by atoms with Crippen molar-refractivity contribution in [1.82, 2.24) is 0 Å². The number of halogens is 2. The zero-order valence-corrected chi connectivity index (χ0v) is 13.3. The number of aliphatic hydroxyl groups is 1. The van der Waals surface area contributed by atoms with Gasteiger partial charge in [0.05, 0.1) is 12.4 Å². The fourth-order valence-corrected chi connectivity index (χ4v) is 1.85. The van der Waals surface area contributed by atoms with Gasteiger partial charge < -0.3 is 39.5 Å². The zero-order chi connectivity index (χ0) is 8.97. The van der Waals surface area contributed by atoms with Crippen molar-refractivity contribution < 1.29 is 65.7 Å². The second-order valence-electron chi connectivity index (χ2n) is 2.45. The maximum Gasteiger partial charge on any atom is 4.00 e. The second-order valence-corrected chi connectivity index (χ2v) is 4.27. The topological polar surface area (TPSA) is 46.5 Å². The van der Waals surface area contributed by atoms with Gasteiger partial charge in [-0.25, -0.2) is 12.3 Å². The maximum absolute atomic E-state index is 10.3. The first kappa shape index (κ1) is 21.1. The molecule has 0 aromatic carbocycles. The van der Waals surface area contributed by atoms with Gasteiger partial charge in [-0.2, -0.15) is 11.3 Å². The van der Waals surface area contributed by atoms with Gasteiger partial charge >= 0.3 is 26.2 Å². The molecule has 1 heterocycles. The normalized spacial score (nSPS) is 15.5. The van der Waals surface area contributed by atoms with Gasteiger partial charge in [0.2, 0.25) is 0 Å². The molecule has 15 heavy (non-hydrogen) atoms. The zero-order valence-electron chi connectivity index (χ0n) is 7.93. The molecule has 0 atom stereocenters. The van der Waals surface area contributed by atoms with Crippen molar-refractivity contribution in [2.75, 3.05) is 13.2 Å². The molecule has 0 bridgehead atoms. The van der Waals surface area contributed by atoms with Gasteiger partial charge in [0.1, 0.15) is 0 Å². The largest absolute Gasteiger partial charge is 4.00 e. The molecule has 0 radical (unpaired) electrons. The molecule has 0 unspecified atom stereocenters. The maximum atomic E-state index is 10.3. The van der Waals surface area contributed by atoms with Crippen molar-refractivity contribution in [3.8, 4) is 0 Å². The molecule has 82 valence electrons. The minimum atomic E-state index is 0. The molecule has 7 heteroatoms. The predicted molar refractivity (Wildman–Crippen MR) is 46.8 cm³/mol. The smallest absolute Gasteiger partial charge is 1.00 e. The summed E-state index contributed by atoms with van der Waals surface area (Å²) in [6, 6.07) is 0. The number of fused-ring (bicyclic) bond motifs is 1. The standard InChI is InChI=1S/C5H3OSi.C3H7O2.2ClH.Zr/c6-3-1-4-5(2-3)7-4;1-5-3-2-4;;;/h1H,7H2;4H,1-3H2;2*1H;/q2*-1;;;+4/p-2. The van der Waals surface area contributed by atoms with Crippen LogP contribution in [0.1, 0.15) is 0 Å². The number of hydrogen-bond acceptors (Lipinski definition) is 3. The number of aliphatic hydroxyl groups excluding tert-OH is 1. The Balaban J connectivity index is -0.000000168. The van der Waals surface area contributed by atoms with Crippen LogP contribution >= 0.6 is 0 Å². The third kappa shape index (κ3) is 8.55. The summed E-state index contributed by atoms with van der Waals surface area (Å²) >= 11 is 0. The summed E-state index contributed by atoms with van der Waals surface area (Å²) in [7, 11) is 3.02. The summed E-state index contributed by atoms with van der Waals surface area (Å²) in [4.78, 5) is 10.3. The van der Waals surface area contributed by atoms with E-state index in [4.69, 9.17) is 5.11 Å². The fraction of sp³-hybridized carbons (Fsp3) is 0.250. The van der Waals surface area contributed by atoms with Crippen LogP contribution in [-0.2, 0) is 35.7 Å². The average Bonchev–Trinajstić information content (AvgIpc) is 2.62. The van der Waals surface area contributed by atoms with Crippen LogP contribution in [0.2, 0.25) is 0 Å². The van der Waals surface area contributed by atoms with E-state index in [2.05, 4.69) is 17.9 Å². The predicted octanol–water partition coefficient (Wildman–Crippen LogP) is -6.89. The van der Waals surface area contributed by atoms with Crippen molar-refractivity contribution in [3.05, 3.63) is 29.7 Å². The van der Waals surface area contributed by atoms with Crippen LogP contribution in [0.25, 0.3) is 0 Å². The molecule has 2 aliphatic rings. The number of rotatable bonds is 2. The van der Waals surface area contributed by atoms with Gasteiger partial charge in [-0.3, -0.25) is 0 Å². The van der Waals surface area contributed by atoms with Crippen LogP contribution in [0, 0.1) is 13.2 Å². The molecular formula is C8H10Cl2O3SiZr. The van der Waals surface area contributed by atoms with Crippen molar-refractivity contribution in [2.45, 2.75) is 0 Å². The second kappa shape index (κ2) is 11.2. The third-order valence-corrected chi connectivity index (χ3v) is 2.94. The molecule has 1 saturated heterocycles. The Hall–Kier alpha value is 0.750. The molecular weight excluding hydrogens is 334 g/mol. The Bertz CT molecular complexity index is 234. The summed E-state index contributed by atoms with van der Waals surface area (Å²) in [5.41, 5.74) is 0. The number of hydrogen-bond donors (Lipinski definition) is 1. The van der Waals surface area contributed by atoms with E-state index in [1.165, 1.54) is 10.4 Å². The molecule has 0 amide bonds. The van der Waals surface area contributed by atoms with E-state index < -0.39 is 0 Å². The van der Waals surface area contributed by atoms with E-state index in [9.17, 15) is 4.79 Å². The van der Waals surface area contributed by atoms with E-state index in [1.807, 2.05) is 0 Å². The molecule has 1 fully saturated rings. The molecule has 1 N–H and O–H groups in total. The van der Waals surface area contributed by atoms with Crippen LogP contribution < -0.4 is 24.8 Å². The van der Waals surface area contributed by atoms with Crippen molar-refractivity contribution in [3.63, 3.8) is 0 Å². The molecule has 2 rings (SSSR count). The molecule has 0 spiro atoms. The average molecular weight is 344 g/mol. The Morgan fingerprint density at radius 2 is 2.13 bits per heavy atom. The minimum absolute atomic E-state index is 0. The first-order valence-corrected chi connectivity index (χ1v) is 5.05. The SMILES string of the molecule is O=C1[C-]=C2[SiH2]C2=C1.[CH2-]OCCO.[Cl-].[Cl-].[Zr+4]. The molecule has 1 aliphatic heterocycles. The van der Waals surface area contributed by atoms with Crippen LogP contribution in [0.4, 0.5) is 0 Å². The summed E-state index contributed by atoms with van der Waals surface area (Å²) in [6.45, 7) is 0.392. The summed E-state index contributed by atoms with van der Waals surface area (Å²) < 4.78 is 4.19. The van der Waals surface area contributed by atoms with E-state index in [0.717, 1.165) is 0 Å². The van der Waals surface area contributed by atoms with Gasteiger partial charge in [-0.05, 0) is 9.52 Å². The molecule has 0 saturated carbocycles. The van der Waals surface area contributed by atoms with Crippen LogP contribution in [0.3, 0.4) is 0 Å². The van der Waals surface area contributed by atoms with Crippen LogP contribution in [0.5, 0.6) is 0 Å². The van der Waals surface area contributed by atoms with E-state index >= 15 is 0 Å². The Morgan fingerprint density at radius 3 is 2.27 bits per heavy atom. The number of carbonyl (C=O) groups is 1.